The second-order valence-corrected chi connectivity index (χ2v) is 6.83. The van der Waals surface area contributed by atoms with E-state index in [2.05, 4.69) is 50.4 Å². The summed E-state index contributed by atoms with van der Waals surface area (Å²) in [5, 5.41) is 4.99. The minimum Gasteiger partial charge on any atom is -0.326 e. The Morgan fingerprint density at radius 1 is 1.29 bits per heavy atom. The van der Waals surface area contributed by atoms with Gasteiger partial charge in [0.15, 0.2) is 0 Å². The lowest BCUT2D eigenvalue weighted by atomic mass is 10.1. The van der Waals surface area contributed by atoms with Gasteiger partial charge in [0.05, 0.1) is 5.69 Å². The van der Waals surface area contributed by atoms with Gasteiger partial charge in [0.25, 0.3) is 5.96 Å². The van der Waals surface area contributed by atoms with Gasteiger partial charge in [-0.2, -0.15) is 4.99 Å². The van der Waals surface area contributed by atoms with Crippen molar-refractivity contribution in [2.45, 2.75) is 6.92 Å². The number of aliphatic imine (C=N–C) groups is 1. The molecule has 122 valence electrons. The number of rotatable bonds is 2. The molecule has 0 saturated carbocycles. The molecule has 2 heterocycles. The molecule has 5 nitrogen and oxygen atoms in total. The van der Waals surface area contributed by atoms with Crippen LogP contribution in [0.25, 0.3) is 0 Å². The van der Waals surface area contributed by atoms with Crippen LogP contribution in [0.2, 0.25) is 5.02 Å². The number of anilines is 2. The molecule has 2 aliphatic rings. The summed E-state index contributed by atoms with van der Waals surface area (Å²) >= 11 is 9.76. The smallest absolute Gasteiger partial charge is 0.250 e. The lowest BCUT2D eigenvalue weighted by Gasteiger charge is -2.32. The predicted molar refractivity (Wildman–Crippen MR) is 103 cm³/mol. The zero-order chi connectivity index (χ0) is 16.7. The normalized spacial score (nSPS) is 15.2. The molecule has 4 rings (SSSR count). The lowest BCUT2D eigenvalue weighted by molar-refractivity contribution is 0.807. The Morgan fingerprint density at radius 2 is 2.17 bits per heavy atom. The average Bonchev–Trinajstić information content (AvgIpc) is 3.04. The molecule has 2 aromatic carbocycles. The van der Waals surface area contributed by atoms with E-state index in [0.29, 0.717) is 17.7 Å². The van der Waals surface area contributed by atoms with Crippen molar-refractivity contribution < 1.29 is 0 Å². The van der Waals surface area contributed by atoms with Gasteiger partial charge in [-0.25, -0.2) is 0 Å². The van der Waals surface area contributed by atoms with Gasteiger partial charge in [-0.05, 0) is 43.3 Å². The van der Waals surface area contributed by atoms with E-state index in [1.165, 1.54) is 0 Å². The average molecular weight is 405 g/mol. The molecule has 0 aromatic heterocycles. The molecule has 0 atom stereocenters. The Bertz CT molecular complexity index is 864. The molecular formula is C17H15BrClN5. The van der Waals surface area contributed by atoms with Crippen LogP contribution in [0.5, 0.6) is 0 Å². The van der Waals surface area contributed by atoms with Crippen LogP contribution in [0.4, 0.5) is 11.4 Å². The van der Waals surface area contributed by atoms with Gasteiger partial charge in [-0.3, -0.25) is 10.3 Å². The van der Waals surface area contributed by atoms with Crippen molar-refractivity contribution in [1.29, 1.82) is 0 Å². The van der Waals surface area contributed by atoms with Crippen molar-refractivity contribution in [3.63, 3.8) is 0 Å². The molecule has 7 heteroatoms. The van der Waals surface area contributed by atoms with Gasteiger partial charge < -0.3 is 4.90 Å². The van der Waals surface area contributed by atoms with Crippen molar-refractivity contribution in [3.05, 3.63) is 57.5 Å². The van der Waals surface area contributed by atoms with E-state index in [9.17, 15) is 0 Å². The Kier molecular flexibility index (Phi) is 3.94. The van der Waals surface area contributed by atoms with Gasteiger partial charge in [0.1, 0.15) is 12.5 Å². The van der Waals surface area contributed by atoms with E-state index in [0.717, 1.165) is 33.8 Å². The van der Waals surface area contributed by atoms with Gasteiger partial charge in [-0.15, -0.1) is 5.10 Å². The molecule has 0 fully saturated rings. The third-order valence-corrected chi connectivity index (χ3v) is 4.77. The zero-order valence-corrected chi connectivity index (χ0v) is 15.3. The fourth-order valence-electron chi connectivity index (χ4n) is 2.96. The fourth-order valence-corrected chi connectivity index (χ4v) is 3.52. The van der Waals surface area contributed by atoms with Crippen molar-refractivity contribution >= 4 is 50.7 Å². The number of benzene rings is 2. The summed E-state index contributed by atoms with van der Waals surface area (Å²) in [6.45, 7) is 3.50. The minimum atomic E-state index is 0.600. The van der Waals surface area contributed by atoms with Crippen molar-refractivity contribution in [2.24, 2.45) is 10.1 Å². The summed E-state index contributed by atoms with van der Waals surface area (Å²) in [5.74, 6) is 1.54. The number of guanidine groups is 1. The molecule has 0 saturated heterocycles. The van der Waals surface area contributed by atoms with Gasteiger partial charge in [0.2, 0.25) is 0 Å². The number of nitrogens with one attached hydrogen (secondary N) is 1. The molecule has 0 amide bonds. The SMILES string of the molecule is CCN(C1=NC2=NNCN2c2cc(Cl)ccc21)c1cccc(Br)c1. The van der Waals surface area contributed by atoms with Crippen LogP contribution in [0.1, 0.15) is 12.5 Å². The molecule has 0 spiro atoms. The van der Waals surface area contributed by atoms with Crippen LogP contribution in [-0.4, -0.2) is 25.0 Å². The maximum Gasteiger partial charge on any atom is 0.250 e. The van der Waals surface area contributed by atoms with Crippen LogP contribution in [0, 0.1) is 0 Å². The Morgan fingerprint density at radius 3 is 2.96 bits per heavy atom. The van der Waals surface area contributed by atoms with Crippen LogP contribution in [0.3, 0.4) is 0 Å². The lowest BCUT2D eigenvalue weighted by Crippen LogP contribution is -2.40. The van der Waals surface area contributed by atoms with E-state index in [4.69, 9.17) is 16.6 Å². The number of hydrogen-bond donors (Lipinski definition) is 1. The van der Waals surface area contributed by atoms with Gasteiger partial charge >= 0.3 is 0 Å². The molecule has 0 radical (unpaired) electrons. The monoisotopic (exact) mass is 403 g/mol. The summed E-state index contributed by atoms with van der Waals surface area (Å²) in [4.78, 5) is 8.99. The van der Waals surface area contributed by atoms with Gasteiger partial charge in [-0.1, -0.05) is 33.6 Å². The molecule has 1 N–H and O–H groups in total. The molecule has 0 aliphatic carbocycles. The van der Waals surface area contributed by atoms with E-state index in [-0.39, 0.29) is 0 Å². The molecule has 2 aromatic rings. The highest BCUT2D eigenvalue weighted by molar-refractivity contribution is 9.10. The third kappa shape index (κ3) is 2.56. The highest BCUT2D eigenvalue weighted by Gasteiger charge is 2.30. The fraction of sp³-hybridized carbons (Fsp3) is 0.176. The zero-order valence-electron chi connectivity index (χ0n) is 13.0. The van der Waals surface area contributed by atoms with Crippen molar-refractivity contribution in [1.82, 2.24) is 5.43 Å². The van der Waals surface area contributed by atoms with Crippen LogP contribution >= 0.6 is 27.5 Å². The second-order valence-electron chi connectivity index (χ2n) is 5.48. The number of hydrogen-bond acceptors (Lipinski definition) is 5. The highest BCUT2D eigenvalue weighted by Crippen LogP contribution is 2.33. The Hall–Kier alpha value is -2.05. The first kappa shape index (κ1) is 15.5. The summed E-state index contributed by atoms with van der Waals surface area (Å²) in [5.41, 5.74) is 6.13. The van der Waals surface area contributed by atoms with Crippen LogP contribution in [-0.2, 0) is 0 Å². The molecule has 24 heavy (non-hydrogen) atoms. The number of nitrogens with zero attached hydrogens (tertiary/aromatic N) is 4. The molecule has 0 unspecified atom stereocenters. The predicted octanol–water partition coefficient (Wildman–Crippen LogP) is 4.03. The van der Waals surface area contributed by atoms with Crippen molar-refractivity contribution in [3.8, 4) is 0 Å². The number of amidine groups is 1. The maximum atomic E-state index is 6.22. The Balaban J connectivity index is 1.87. The van der Waals surface area contributed by atoms with Crippen LogP contribution in [0.15, 0.2) is 57.0 Å². The summed E-state index contributed by atoms with van der Waals surface area (Å²) in [6, 6.07) is 14.1. The third-order valence-electron chi connectivity index (χ3n) is 4.04. The largest absolute Gasteiger partial charge is 0.326 e. The maximum absolute atomic E-state index is 6.22. The summed E-state index contributed by atoms with van der Waals surface area (Å²) in [7, 11) is 0. The van der Waals surface area contributed by atoms with E-state index in [1.54, 1.807) is 0 Å². The van der Waals surface area contributed by atoms with Crippen LogP contribution < -0.4 is 15.2 Å². The summed E-state index contributed by atoms with van der Waals surface area (Å²) < 4.78 is 1.03. The Labute approximate surface area is 153 Å². The second kappa shape index (κ2) is 6.11. The first-order valence-electron chi connectivity index (χ1n) is 7.67. The highest BCUT2D eigenvalue weighted by atomic mass is 79.9. The molecule has 0 bridgehead atoms. The number of halogens is 2. The van der Waals surface area contributed by atoms with E-state index >= 15 is 0 Å². The van der Waals surface area contributed by atoms with E-state index in [1.807, 2.05) is 35.2 Å². The number of fused-ring (bicyclic) bond motifs is 3. The topological polar surface area (TPSA) is 43.2 Å². The quantitative estimate of drug-likeness (QED) is 0.822. The molecule has 2 aliphatic heterocycles. The van der Waals surface area contributed by atoms with Gasteiger partial charge in [0, 0.05) is 27.3 Å². The minimum absolute atomic E-state index is 0.600. The first-order valence-corrected chi connectivity index (χ1v) is 8.84. The molecular weight excluding hydrogens is 390 g/mol. The van der Waals surface area contributed by atoms with Crippen molar-refractivity contribution in [2.75, 3.05) is 23.0 Å². The number of hydrazone groups is 1. The first-order chi connectivity index (χ1) is 11.7. The van der Waals surface area contributed by atoms with E-state index < -0.39 is 0 Å². The summed E-state index contributed by atoms with van der Waals surface area (Å²) in [6.07, 6.45) is 0. The standard InChI is InChI=1S/C17H15BrClN5/c1-2-23(13-5-3-4-11(18)8-13)16-14-7-6-12(19)9-15(14)24-10-20-22-17(24)21-16/h3-9,20H,2,10H2,1H3.